The summed E-state index contributed by atoms with van der Waals surface area (Å²) in [4.78, 5) is 14.4. The molecule has 2 rings (SSSR count). The number of carboxylic acids is 1. The number of azide groups is 1. The highest BCUT2D eigenvalue weighted by atomic mass is 35.5. The highest BCUT2D eigenvalue weighted by Gasteiger charge is 2.40. The van der Waals surface area contributed by atoms with Crippen LogP contribution < -0.4 is 0 Å². The lowest BCUT2D eigenvalue weighted by Gasteiger charge is -2.40. The van der Waals surface area contributed by atoms with E-state index in [1.165, 1.54) is 0 Å². The number of benzene rings is 1. The molecule has 0 spiro atoms. The van der Waals surface area contributed by atoms with Gasteiger partial charge in [-0.25, -0.2) is 0 Å². The van der Waals surface area contributed by atoms with E-state index in [0.29, 0.717) is 18.1 Å². The fraction of sp³-hybridized carbons (Fsp3) is 0.562. The Morgan fingerprint density at radius 2 is 2.13 bits per heavy atom. The second-order valence-corrected chi connectivity index (χ2v) is 6.86. The van der Waals surface area contributed by atoms with Gasteiger partial charge in [-0.15, -0.1) is 0 Å². The molecule has 0 radical (unpaired) electrons. The fourth-order valence-electron chi connectivity index (χ4n) is 3.31. The van der Waals surface area contributed by atoms with Crippen LogP contribution in [0, 0.1) is 5.92 Å². The van der Waals surface area contributed by atoms with Crippen LogP contribution in [0.15, 0.2) is 29.4 Å². The number of hydrogen-bond acceptors (Lipinski definition) is 3. The maximum Gasteiger partial charge on any atom is 0.313 e. The van der Waals surface area contributed by atoms with Gasteiger partial charge in [0, 0.05) is 22.5 Å². The van der Waals surface area contributed by atoms with E-state index in [4.69, 9.17) is 21.9 Å². The molecule has 0 bridgehead atoms. The summed E-state index contributed by atoms with van der Waals surface area (Å²) >= 11 is 5.93. The Balaban J connectivity index is 2.43. The van der Waals surface area contributed by atoms with E-state index in [1.807, 2.05) is 13.8 Å². The van der Waals surface area contributed by atoms with Crippen molar-refractivity contribution in [2.24, 2.45) is 11.0 Å². The van der Waals surface area contributed by atoms with E-state index < -0.39 is 17.9 Å². The number of halogens is 1. The predicted octanol–water partition coefficient (Wildman–Crippen LogP) is 4.39. The van der Waals surface area contributed by atoms with E-state index in [0.717, 1.165) is 12.0 Å². The van der Waals surface area contributed by atoms with Crippen LogP contribution in [0.3, 0.4) is 0 Å². The molecule has 1 N–H and O–H groups in total. The normalized spacial score (nSPS) is 22.7. The zero-order valence-corrected chi connectivity index (χ0v) is 13.9. The zero-order valence-electron chi connectivity index (χ0n) is 13.1. The van der Waals surface area contributed by atoms with Crippen molar-refractivity contribution in [2.75, 3.05) is 6.61 Å². The summed E-state index contributed by atoms with van der Waals surface area (Å²) in [6.07, 6.45) is 1.42. The lowest BCUT2D eigenvalue weighted by atomic mass is 9.73. The van der Waals surface area contributed by atoms with Crippen LogP contribution in [0.5, 0.6) is 0 Å². The third kappa shape index (κ3) is 4.38. The van der Waals surface area contributed by atoms with Crippen LogP contribution >= 0.6 is 11.6 Å². The minimum atomic E-state index is -1.15. The average Bonchev–Trinajstić information content (AvgIpc) is 2.47. The molecule has 1 heterocycles. The molecule has 1 aliphatic rings. The molecule has 124 valence electrons. The van der Waals surface area contributed by atoms with Crippen molar-refractivity contribution in [2.45, 2.75) is 44.2 Å². The van der Waals surface area contributed by atoms with Gasteiger partial charge < -0.3 is 9.84 Å². The lowest BCUT2D eigenvalue weighted by molar-refractivity contribution is -0.140. The molecule has 3 atom stereocenters. The molecule has 7 heteroatoms. The van der Waals surface area contributed by atoms with Gasteiger partial charge in [0.15, 0.2) is 0 Å². The molecule has 1 saturated heterocycles. The molecule has 1 fully saturated rings. The van der Waals surface area contributed by atoms with Crippen LogP contribution in [0.2, 0.25) is 5.02 Å². The predicted molar refractivity (Wildman–Crippen MR) is 87.5 cm³/mol. The summed E-state index contributed by atoms with van der Waals surface area (Å²) in [5, 5.41) is 13.7. The smallest absolute Gasteiger partial charge is 0.313 e. The summed E-state index contributed by atoms with van der Waals surface area (Å²) in [6.45, 7) is 4.53. The molecule has 0 amide bonds. The van der Waals surface area contributed by atoms with Crippen molar-refractivity contribution in [1.82, 2.24) is 0 Å². The van der Waals surface area contributed by atoms with Crippen LogP contribution in [0.25, 0.3) is 10.4 Å². The molecule has 1 aromatic carbocycles. The maximum absolute atomic E-state index is 11.7. The van der Waals surface area contributed by atoms with E-state index >= 15 is 0 Å². The first-order valence-electron chi connectivity index (χ1n) is 7.50. The number of ether oxygens (including phenoxy) is 1. The second-order valence-electron chi connectivity index (χ2n) is 6.43. The molecule has 23 heavy (non-hydrogen) atoms. The molecular weight excluding hydrogens is 318 g/mol. The van der Waals surface area contributed by atoms with Crippen molar-refractivity contribution in [3.8, 4) is 0 Å². The standard InChI is InChI=1S/C16H20ClN3O3/c1-16(2)9-11(7-8-23-16)13(14(15(21)22)19-20-18)10-3-5-12(17)6-4-10/h3-6,11,13-14H,7-9H2,1-2H3,(H,21,22)/t11?,13-,14-/m0/s1. The van der Waals surface area contributed by atoms with Gasteiger partial charge in [0.05, 0.1) is 5.60 Å². The van der Waals surface area contributed by atoms with Crippen molar-refractivity contribution in [3.05, 3.63) is 45.3 Å². The fourth-order valence-corrected chi connectivity index (χ4v) is 3.44. The van der Waals surface area contributed by atoms with Crippen molar-refractivity contribution >= 4 is 17.6 Å². The lowest BCUT2D eigenvalue weighted by Crippen LogP contribution is -2.40. The Morgan fingerprint density at radius 1 is 1.48 bits per heavy atom. The zero-order chi connectivity index (χ0) is 17.0. The number of nitrogens with zero attached hydrogens (tertiary/aromatic N) is 3. The average molecular weight is 338 g/mol. The van der Waals surface area contributed by atoms with E-state index in [2.05, 4.69) is 10.0 Å². The van der Waals surface area contributed by atoms with Gasteiger partial charge in [0.1, 0.15) is 6.04 Å². The SMILES string of the molecule is CC1(C)CC([C@H](c2ccc(Cl)cc2)[C@H](N=[N+]=[N-])C(=O)O)CCO1. The van der Waals surface area contributed by atoms with Crippen LogP contribution in [-0.2, 0) is 9.53 Å². The second kappa shape index (κ2) is 7.21. The molecule has 1 aliphatic heterocycles. The summed E-state index contributed by atoms with van der Waals surface area (Å²) in [7, 11) is 0. The summed E-state index contributed by atoms with van der Waals surface area (Å²) in [6, 6.07) is 5.91. The molecule has 0 saturated carbocycles. The molecule has 6 nitrogen and oxygen atoms in total. The molecule has 0 aliphatic carbocycles. The topological polar surface area (TPSA) is 95.3 Å². The van der Waals surface area contributed by atoms with Gasteiger partial charge in [0.25, 0.3) is 0 Å². The van der Waals surface area contributed by atoms with Gasteiger partial charge >= 0.3 is 5.97 Å². The van der Waals surface area contributed by atoms with Crippen molar-refractivity contribution in [1.29, 1.82) is 0 Å². The minimum absolute atomic E-state index is 0.0477. The van der Waals surface area contributed by atoms with Gasteiger partial charge in [0.2, 0.25) is 0 Å². The largest absolute Gasteiger partial charge is 0.481 e. The Morgan fingerprint density at radius 3 is 2.65 bits per heavy atom. The number of aliphatic carboxylic acids is 1. The number of carboxylic acid groups (broad SMARTS) is 1. The third-order valence-corrected chi connectivity index (χ3v) is 4.52. The quantitative estimate of drug-likeness (QED) is 0.490. The molecule has 1 unspecified atom stereocenters. The van der Waals surface area contributed by atoms with Crippen molar-refractivity contribution in [3.63, 3.8) is 0 Å². The summed E-state index contributed by atoms with van der Waals surface area (Å²) < 4.78 is 5.73. The summed E-state index contributed by atoms with van der Waals surface area (Å²) in [5.74, 6) is -1.48. The molecule has 1 aromatic rings. The maximum atomic E-state index is 11.7. The number of hydrogen-bond donors (Lipinski definition) is 1. The third-order valence-electron chi connectivity index (χ3n) is 4.27. The first-order valence-corrected chi connectivity index (χ1v) is 7.88. The highest BCUT2D eigenvalue weighted by molar-refractivity contribution is 6.30. The van der Waals surface area contributed by atoms with Crippen molar-refractivity contribution < 1.29 is 14.6 Å². The first-order chi connectivity index (χ1) is 10.8. The minimum Gasteiger partial charge on any atom is -0.481 e. The van der Waals surface area contributed by atoms with Gasteiger partial charge in [-0.2, -0.15) is 0 Å². The Bertz CT molecular complexity index is 610. The van der Waals surface area contributed by atoms with Gasteiger partial charge in [-0.1, -0.05) is 28.8 Å². The first kappa shape index (κ1) is 17.6. The van der Waals surface area contributed by atoms with Gasteiger partial charge in [-0.3, -0.25) is 4.79 Å². The molecule has 0 aromatic heterocycles. The molecular formula is C16H20ClN3O3. The Hall–Kier alpha value is -1.75. The van der Waals surface area contributed by atoms with Crippen LogP contribution in [0.4, 0.5) is 0 Å². The van der Waals surface area contributed by atoms with E-state index in [1.54, 1.807) is 24.3 Å². The van der Waals surface area contributed by atoms with E-state index in [9.17, 15) is 9.90 Å². The van der Waals surface area contributed by atoms with Crippen LogP contribution in [-0.4, -0.2) is 29.3 Å². The number of carbonyl (C=O) groups is 1. The highest BCUT2D eigenvalue weighted by Crippen LogP contribution is 2.41. The monoisotopic (exact) mass is 337 g/mol. The number of rotatable bonds is 5. The van der Waals surface area contributed by atoms with Crippen LogP contribution in [0.1, 0.15) is 38.2 Å². The van der Waals surface area contributed by atoms with Gasteiger partial charge in [-0.05, 0) is 55.8 Å². The Labute approximate surface area is 140 Å². The van der Waals surface area contributed by atoms with E-state index in [-0.39, 0.29) is 11.5 Å². The Kier molecular flexibility index (Phi) is 5.52. The summed E-state index contributed by atoms with van der Waals surface area (Å²) in [5.41, 5.74) is 9.27.